The summed E-state index contributed by atoms with van der Waals surface area (Å²) >= 11 is 0. The highest BCUT2D eigenvalue weighted by molar-refractivity contribution is 5.78. The van der Waals surface area contributed by atoms with Crippen LogP contribution in [-0.2, 0) is 6.67 Å². The SMILES string of the molecule is C=CCCCOc1cc(OCCCC=C)c(-c2cc(F)c(CF)c(F)c2)c(OCCCC=C)c1.FOc1cc(F)c(F)c(F)c1. The molecule has 0 radical (unpaired) electrons. The molecule has 0 saturated carbocycles. The van der Waals surface area contributed by atoms with Gasteiger partial charge in [-0.25, -0.2) is 26.3 Å². The molecule has 3 aromatic carbocycles. The molecule has 3 aromatic rings. The monoisotopic (exact) mass is 640 g/mol. The first-order valence-corrected chi connectivity index (χ1v) is 14.1. The quantitative estimate of drug-likeness (QED) is 0.0600. The average molecular weight is 641 g/mol. The normalized spacial score (nSPS) is 10.4. The first-order chi connectivity index (χ1) is 21.7. The molecule has 3 rings (SSSR count). The maximum atomic E-state index is 14.5. The van der Waals surface area contributed by atoms with Crippen LogP contribution in [0, 0.1) is 29.1 Å². The van der Waals surface area contributed by atoms with Crippen LogP contribution in [0.25, 0.3) is 11.1 Å². The Bertz CT molecular complexity index is 1330. The van der Waals surface area contributed by atoms with E-state index in [-0.39, 0.29) is 5.56 Å². The summed E-state index contributed by atoms with van der Waals surface area (Å²) < 4.78 is 108. The first-order valence-electron chi connectivity index (χ1n) is 14.1. The van der Waals surface area contributed by atoms with E-state index in [0.717, 1.165) is 37.8 Å². The van der Waals surface area contributed by atoms with E-state index in [0.29, 0.717) is 67.6 Å². The lowest BCUT2D eigenvalue weighted by Gasteiger charge is -2.19. The molecule has 11 heteroatoms. The number of alkyl halides is 1. The van der Waals surface area contributed by atoms with E-state index in [1.165, 1.54) is 0 Å². The van der Waals surface area contributed by atoms with Crippen molar-refractivity contribution >= 4 is 0 Å². The minimum Gasteiger partial charge on any atom is -0.493 e. The van der Waals surface area contributed by atoms with Crippen LogP contribution in [0.5, 0.6) is 23.0 Å². The molecule has 0 spiro atoms. The van der Waals surface area contributed by atoms with E-state index >= 15 is 0 Å². The summed E-state index contributed by atoms with van der Waals surface area (Å²) in [4.78, 5) is 2.98. The molecule has 0 saturated heterocycles. The molecule has 0 bridgehead atoms. The van der Waals surface area contributed by atoms with Crippen molar-refractivity contribution in [3.63, 3.8) is 0 Å². The molecule has 0 atom stereocenters. The maximum absolute atomic E-state index is 14.5. The molecule has 4 nitrogen and oxygen atoms in total. The van der Waals surface area contributed by atoms with Crippen molar-refractivity contribution in [2.45, 2.75) is 45.2 Å². The van der Waals surface area contributed by atoms with E-state index < -0.39 is 47.1 Å². The third-order valence-electron chi connectivity index (χ3n) is 6.09. The van der Waals surface area contributed by atoms with Gasteiger partial charge in [-0.2, -0.15) is 0 Å². The lowest BCUT2D eigenvalue weighted by atomic mass is 10.0. The molecule has 0 aromatic heterocycles. The zero-order valence-electron chi connectivity index (χ0n) is 24.7. The molecule has 45 heavy (non-hydrogen) atoms. The van der Waals surface area contributed by atoms with Gasteiger partial charge < -0.3 is 14.2 Å². The molecule has 0 N–H and O–H groups in total. The smallest absolute Gasteiger partial charge is 0.194 e. The Morgan fingerprint density at radius 3 is 1.42 bits per heavy atom. The topological polar surface area (TPSA) is 36.9 Å². The highest BCUT2D eigenvalue weighted by Gasteiger charge is 2.21. The van der Waals surface area contributed by atoms with Gasteiger partial charge in [-0.1, -0.05) is 18.2 Å². The van der Waals surface area contributed by atoms with Crippen LogP contribution in [-0.4, -0.2) is 19.8 Å². The molecule has 0 aliphatic carbocycles. The molecule has 0 aliphatic heterocycles. The van der Waals surface area contributed by atoms with Gasteiger partial charge in [-0.05, 0) is 56.2 Å². The van der Waals surface area contributed by atoms with Gasteiger partial charge in [0, 0.05) is 28.8 Å². The number of hydrogen-bond donors (Lipinski definition) is 0. The van der Waals surface area contributed by atoms with Crippen molar-refractivity contribution in [2.75, 3.05) is 19.8 Å². The zero-order chi connectivity index (χ0) is 33.2. The van der Waals surface area contributed by atoms with Gasteiger partial charge in [-0.3, -0.25) is 4.94 Å². The van der Waals surface area contributed by atoms with Crippen molar-refractivity contribution < 1.29 is 50.0 Å². The van der Waals surface area contributed by atoms with Gasteiger partial charge in [-0.15, -0.1) is 19.7 Å². The van der Waals surface area contributed by atoms with Crippen LogP contribution in [0.4, 0.5) is 30.9 Å². The van der Waals surface area contributed by atoms with Gasteiger partial charge >= 0.3 is 0 Å². The lowest BCUT2D eigenvalue weighted by molar-refractivity contribution is -0.00711. The van der Waals surface area contributed by atoms with Crippen LogP contribution in [0.1, 0.15) is 44.1 Å². The molecular weight excluding hydrogens is 605 g/mol. The summed E-state index contributed by atoms with van der Waals surface area (Å²) in [5, 5.41) is 0. The van der Waals surface area contributed by atoms with Crippen molar-refractivity contribution in [3.05, 3.63) is 109 Å². The summed E-state index contributed by atoms with van der Waals surface area (Å²) in [5.41, 5.74) is -0.0190. The van der Waals surface area contributed by atoms with Gasteiger partial charge in [0.25, 0.3) is 0 Å². The molecular formula is C34H35F7O4. The minimum absolute atomic E-state index is 0.197. The zero-order valence-corrected chi connectivity index (χ0v) is 24.7. The predicted octanol–water partition coefficient (Wildman–Crippen LogP) is 10.5. The van der Waals surface area contributed by atoms with Gasteiger partial charge in [0.05, 0.1) is 30.9 Å². The number of ether oxygens (including phenoxy) is 3. The number of unbranched alkanes of at least 4 members (excludes halogenated alkanes) is 3. The second kappa shape index (κ2) is 19.8. The van der Waals surface area contributed by atoms with E-state index in [9.17, 15) is 30.9 Å². The number of allylic oxidation sites excluding steroid dienone is 3. The lowest BCUT2D eigenvalue weighted by Crippen LogP contribution is -2.05. The van der Waals surface area contributed by atoms with E-state index in [1.807, 2.05) is 6.08 Å². The standard InChI is InChI=1S/C28H33F3O3.C6H2F4O/c1-4-7-10-13-32-22-18-26(33-14-11-8-5-2)28(27(19-22)34-15-12-9-6-3)21-16-24(30)23(20-29)25(31)17-21;7-4-1-3(11-10)2-5(8)6(4)9/h4-6,16-19H,1-3,7-15,20H2;1-2H. The highest BCUT2D eigenvalue weighted by atomic mass is 19.3. The fourth-order valence-electron chi connectivity index (χ4n) is 3.85. The van der Waals surface area contributed by atoms with E-state index in [1.54, 1.807) is 24.3 Å². The maximum Gasteiger partial charge on any atom is 0.194 e. The van der Waals surface area contributed by atoms with Crippen molar-refractivity contribution in [2.24, 2.45) is 0 Å². The Labute approximate surface area is 258 Å². The largest absolute Gasteiger partial charge is 0.493 e. The van der Waals surface area contributed by atoms with Crippen LogP contribution < -0.4 is 19.2 Å². The van der Waals surface area contributed by atoms with Gasteiger partial charge in [0.15, 0.2) is 23.2 Å². The Morgan fingerprint density at radius 1 is 0.578 bits per heavy atom. The third kappa shape index (κ3) is 11.6. The number of halogens is 7. The van der Waals surface area contributed by atoms with Crippen LogP contribution >= 0.6 is 0 Å². The summed E-state index contributed by atoms with van der Waals surface area (Å²) in [6.07, 6.45) is 9.94. The fraction of sp³-hybridized carbons (Fsp3) is 0.294. The molecule has 0 heterocycles. The Kier molecular flexibility index (Phi) is 16.2. The highest BCUT2D eigenvalue weighted by Crippen LogP contribution is 2.43. The number of rotatable bonds is 18. The Balaban J connectivity index is 0.000000537. The summed E-state index contributed by atoms with van der Waals surface area (Å²) in [5.74, 6) is -5.99. The van der Waals surface area contributed by atoms with Gasteiger partial charge in [0.1, 0.15) is 35.6 Å². The summed E-state index contributed by atoms with van der Waals surface area (Å²) in [7, 11) is 0. The molecule has 0 fully saturated rings. The van der Waals surface area contributed by atoms with Crippen molar-refractivity contribution in [1.82, 2.24) is 0 Å². The second-order valence-electron chi connectivity index (χ2n) is 9.46. The molecule has 0 amide bonds. The van der Waals surface area contributed by atoms with Crippen molar-refractivity contribution in [1.29, 1.82) is 0 Å². The summed E-state index contributed by atoms with van der Waals surface area (Å²) in [6.45, 7) is 11.1. The summed E-state index contributed by atoms with van der Waals surface area (Å²) in [6, 6.07) is 6.38. The van der Waals surface area contributed by atoms with E-state index in [2.05, 4.69) is 24.7 Å². The second-order valence-corrected chi connectivity index (χ2v) is 9.46. The van der Waals surface area contributed by atoms with Gasteiger partial charge in [0.2, 0.25) is 0 Å². The van der Waals surface area contributed by atoms with Crippen molar-refractivity contribution in [3.8, 4) is 34.1 Å². The first kappa shape index (κ1) is 36.8. The number of benzene rings is 3. The van der Waals surface area contributed by atoms with E-state index in [4.69, 9.17) is 14.2 Å². The Hall–Kier alpha value is -4.41. The third-order valence-corrected chi connectivity index (χ3v) is 6.09. The molecule has 0 unspecified atom stereocenters. The van der Waals surface area contributed by atoms with Crippen LogP contribution in [0.2, 0.25) is 0 Å². The van der Waals surface area contributed by atoms with Crippen LogP contribution in [0.15, 0.2) is 74.4 Å². The Morgan fingerprint density at radius 2 is 1.02 bits per heavy atom. The predicted molar refractivity (Wildman–Crippen MR) is 159 cm³/mol. The average Bonchev–Trinajstić information content (AvgIpc) is 3.02. The molecule has 244 valence electrons. The fourth-order valence-corrected chi connectivity index (χ4v) is 3.85. The van der Waals surface area contributed by atoms with Crippen LogP contribution in [0.3, 0.4) is 0 Å². The number of hydrogen-bond acceptors (Lipinski definition) is 4. The minimum atomic E-state index is -1.65. The molecule has 0 aliphatic rings.